The second-order valence-corrected chi connectivity index (χ2v) is 4.45. The van der Waals surface area contributed by atoms with Gasteiger partial charge in [-0.15, -0.1) is 0 Å². The number of hydrogen-bond acceptors (Lipinski definition) is 1. The molecule has 0 bridgehead atoms. The summed E-state index contributed by atoms with van der Waals surface area (Å²) in [6.07, 6.45) is 3.84. The summed E-state index contributed by atoms with van der Waals surface area (Å²) in [7, 11) is 0. The van der Waals surface area contributed by atoms with Crippen molar-refractivity contribution in [3.05, 3.63) is 34.9 Å². The SMILES string of the molecule is CCC(O)CCCc1cc(C)cc(C)c1. The van der Waals surface area contributed by atoms with Crippen LogP contribution in [0.5, 0.6) is 0 Å². The highest BCUT2D eigenvalue weighted by atomic mass is 16.3. The normalized spacial score (nSPS) is 12.8. The maximum atomic E-state index is 9.45. The fraction of sp³-hybridized carbons (Fsp3) is 0.571. The van der Waals surface area contributed by atoms with Gasteiger partial charge in [-0.3, -0.25) is 0 Å². The Kier molecular flexibility index (Phi) is 4.83. The van der Waals surface area contributed by atoms with E-state index in [0.717, 1.165) is 25.7 Å². The largest absolute Gasteiger partial charge is 0.393 e. The lowest BCUT2D eigenvalue weighted by atomic mass is 10.0. The average Bonchev–Trinajstić information content (AvgIpc) is 2.16. The standard InChI is InChI=1S/C14H22O/c1-4-14(15)7-5-6-13-9-11(2)8-12(3)10-13/h8-10,14-15H,4-7H2,1-3H3. The maximum Gasteiger partial charge on any atom is 0.0537 e. The molecule has 1 aromatic carbocycles. The van der Waals surface area contributed by atoms with E-state index in [0.29, 0.717) is 0 Å². The Hall–Kier alpha value is -0.820. The molecule has 0 fully saturated rings. The molecule has 1 rings (SSSR count). The average molecular weight is 206 g/mol. The molecule has 0 spiro atoms. The van der Waals surface area contributed by atoms with E-state index in [1.807, 2.05) is 6.92 Å². The highest BCUT2D eigenvalue weighted by Crippen LogP contribution is 2.12. The van der Waals surface area contributed by atoms with Gasteiger partial charge in [0.1, 0.15) is 0 Å². The summed E-state index contributed by atoms with van der Waals surface area (Å²) in [5, 5.41) is 9.45. The van der Waals surface area contributed by atoms with Crippen LogP contribution < -0.4 is 0 Å². The van der Waals surface area contributed by atoms with Gasteiger partial charge < -0.3 is 5.11 Å². The van der Waals surface area contributed by atoms with Gasteiger partial charge in [-0.1, -0.05) is 36.2 Å². The highest BCUT2D eigenvalue weighted by molar-refractivity contribution is 5.28. The van der Waals surface area contributed by atoms with Gasteiger partial charge >= 0.3 is 0 Å². The number of aliphatic hydroxyl groups is 1. The number of aliphatic hydroxyl groups excluding tert-OH is 1. The van der Waals surface area contributed by atoms with E-state index in [1.165, 1.54) is 16.7 Å². The lowest BCUT2D eigenvalue weighted by Gasteiger charge is -2.08. The second-order valence-electron chi connectivity index (χ2n) is 4.45. The molecule has 0 saturated carbocycles. The van der Waals surface area contributed by atoms with Crippen molar-refractivity contribution in [3.8, 4) is 0 Å². The summed E-state index contributed by atoms with van der Waals surface area (Å²) in [4.78, 5) is 0. The fourth-order valence-corrected chi connectivity index (χ4v) is 1.96. The molecule has 0 aliphatic heterocycles. The Bertz CT molecular complexity index is 284. The Morgan fingerprint density at radius 1 is 1.13 bits per heavy atom. The molecule has 0 amide bonds. The molecular weight excluding hydrogens is 184 g/mol. The van der Waals surface area contributed by atoms with Crippen LogP contribution in [0.25, 0.3) is 0 Å². The van der Waals surface area contributed by atoms with Crippen LogP contribution in [-0.4, -0.2) is 11.2 Å². The number of aryl methyl sites for hydroxylation is 3. The predicted octanol–water partition coefficient (Wildman–Crippen LogP) is 3.40. The van der Waals surface area contributed by atoms with Gasteiger partial charge in [0.05, 0.1) is 6.10 Å². The van der Waals surface area contributed by atoms with E-state index in [1.54, 1.807) is 0 Å². The lowest BCUT2D eigenvalue weighted by molar-refractivity contribution is 0.158. The summed E-state index contributed by atoms with van der Waals surface area (Å²) in [5.74, 6) is 0. The molecule has 0 heterocycles. The molecule has 1 nitrogen and oxygen atoms in total. The van der Waals surface area contributed by atoms with E-state index in [9.17, 15) is 5.11 Å². The molecule has 1 heteroatoms. The van der Waals surface area contributed by atoms with Crippen LogP contribution in [-0.2, 0) is 6.42 Å². The van der Waals surface area contributed by atoms with Crippen LogP contribution in [0.1, 0.15) is 42.9 Å². The molecule has 84 valence electrons. The third-order valence-corrected chi connectivity index (χ3v) is 2.76. The van der Waals surface area contributed by atoms with Crippen molar-refractivity contribution in [3.63, 3.8) is 0 Å². The van der Waals surface area contributed by atoms with Crippen LogP contribution in [0.3, 0.4) is 0 Å². The summed E-state index contributed by atoms with van der Waals surface area (Å²) < 4.78 is 0. The van der Waals surface area contributed by atoms with Crippen molar-refractivity contribution in [1.82, 2.24) is 0 Å². The van der Waals surface area contributed by atoms with Gasteiger partial charge in [0.2, 0.25) is 0 Å². The molecule has 0 aliphatic carbocycles. The molecule has 1 N–H and O–H groups in total. The van der Waals surface area contributed by atoms with Crippen LogP contribution >= 0.6 is 0 Å². The summed E-state index contributed by atoms with van der Waals surface area (Å²) >= 11 is 0. The van der Waals surface area contributed by atoms with Crippen molar-refractivity contribution >= 4 is 0 Å². The third-order valence-electron chi connectivity index (χ3n) is 2.76. The molecule has 1 atom stereocenters. The van der Waals surface area contributed by atoms with Crippen LogP contribution in [0.15, 0.2) is 18.2 Å². The van der Waals surface area contributed by atoms with Crippen molar-refractivity contribution < 1.29 is 5.11 Å². The van der Waals surface area contributed by atoms with Gasteiger partial charge in [0.15, 0.2) is 0 Å². The number of hydrogen-bond donors (Lipinski definition) is 1. The Labute approximate surface area is 93.1 Å². The van der Waals surface area contributed by atoms with Crippen molar-refractivity contribution in [2.45, 2.75) is 52.6 Å². The van der Waals surface area contributed by atoms with Gasteiger partial charge in [-0.25, -0.2) is 0 Å². The molecule has 1 aromatic rings. The molecule has 1 unspecified atom stereocenters. The first-order valence-corrected chi connectivity index (χ1v) is 5.87. The summed E-state index contributed by atoms with van der Waals surface area (Å²) in [5.41, 5.74) is 4.07. The molecule has 0 aliphatic rings. The zero-order chi connectivity index (χ0) is 11.3. The molecule has 0 aromatic heterocycles. The van der Waals surface area contributed by atoms with Crippen molar-refractivity contribution in [2.75, 3.05) is 0 Å². The Morgan fingerprint density at radius 2 is 1.73 bits per heavy atom. The van der Waals surface area contributed by atoms with Gasteiger partial charge in [-0.2, -0.15) is 0 Å². The summed E-state index contributed by atoms with van der Waals surface area (Å²) in [6, 6.07) is 6.68. The number of benzene rings is 1. The third kappa shape index (κ3) is 4.48. The minimum Gasteiger partial charge on any atom is -0.393 e. The van der Waals surface area contributed by atoms with E-state index in [-0.39, 0.29) is 6.10 Å². The molecule has 15 heavy (non-hydrogen) atoms. The zero-order valence-corrected chi connectivity index (χ0v) is 10.1. The monoisotopic (exact) mass is 206 g/mol. The minimum absolute atomic E-state index is 0.115. The maximum absolute atomic E-state index is 9.45. The first-order chi connectivity index (χ1) is 7.11. The van der Waals surface area contributed by atoms with Crippen molar-refractivity contribution in [2.24, 2.45) is 0 Å². The first kappa shape index (κ1) is 12.3. The molecular formula is C14H22O. The first-order valence-electron chi connectivity index (χ1n) is 5.87. The smallest absolute Gasteiger partial charge is 0.0537 e. The second kappa shape index (κ2) is 5.92. The summed E-state index contributed by atoms with van der Waals surface area (Å²) in [6.45, 7) is 6.30. The van der Waals surface area contributed by atoms with Gasteiger partial charge in [0.25, 0.3) is 0 Å². The van der Waals surface area contributed by atoms with E-state index in [2.05, 4.69) is 32.0 Å². The lowest BCUT2D eigenvalue weighted by Crippen LogP contribution is -2.04. The predicted molar refractivity (Wildman–Crippen MR) is 65.2 cm³/mol. The molecule has 0 saturated heterocycles. The van der Waals surface area contributed by atoms with E-state index >= 15 is 0 Å². The van der Waals surface area contributed by atoms with Gasteiger partial charge in [-0.05, 0) is 45.1 Å². The molecule has 0 radical (unpaired) electrons. The topological polar surface area (TPSA) is 20.2 Å². The Balaban J connectivity index is 2.43. The van der Waals surface area contributed by atoms with E-state index in [4.69, 9.17) is 0 Å². The zero-order valence-electron chi connectivity index (χ0n) is 10.1. The van der Waals surface area contributed by atoms with Crippen LogP contribution in [0.2, 0.25) is 0 Å². The fourth-order valence-electron chi connectivity index (χ4n) is 1.96. The van der Waals surface area contributed by atoms with Crippen LogP contribution in [0.4, 0.5) is 0 Å². The highest BCUT2D eigenvalue weighted by Gasteiger charge is 2.01. The van der Waals surface area contributed by atoms with Crippen molar-refractivity contribution in [1.29, 1.82) is 0 Å². The van der Waals surface area contributed by atoms with Gasteiger partial charge in [0, 0.05) is 0 Å². The quantitative estimate of drug-likeness (QED) is 0.783. The van der Waals surface area contributed by atoms with E-state index < -0.39 is 0 Å². The Morgan fingerprint density at radius 3 is 2.27 bits per heavy atom. The minimum atomic E-state index is -0.115. The number of rotatable bonds is 5. The van der Waals surface area contributed by atoms with Crippen LogP contribution in [0, 0.1) is 13.8 Å².